The van der Waals surface area contributed by atoms with E-state index in [-0.39, 0.29) is 0 Å². The third-order valence-electron chi connectivity index (χ3n) is 1.51. The predicted octanol–water partition coefficient (Wildman–Crippen LogP) is 3.59. The van der Waals surface area contributed by atoms with Crippen molar-refractivity contribution in [3.8, 4) is 5.75 Å². The van der Waals surface area contributed by atoms with Crippen molar-refractivity contribution in [2.24, 2.45) is 0 Å². The number of rotatable bonds is 4. The second-order valence-corrected chi connectivity index (χ2v) is 4.29. The lowest BCUT2D eigenvalue weighted by molar-refractivity contribution is 0.112. The molecule has 4 heteroatoms. The number of carbonyl (C=O) groups excluding carboxylic acids is 1. The predicted molar refractivity (Wildman–Crippen MR) is 62.9 cm³/mol. The highest BCUT2D eigenvalue weighted by atomic mass is 79.9. The molecular formula is C10H8Br2O2. The minimum Gasteiger partial charge on any atom is -0.488 e. The highest BCUT2D eigenvalue weighted by Gasteiger charge is 2.08. The molecule has 0 N–H and O–H groups in total. The Balaban J connectivity index is 3.11. The topological polar surface area (TPSA) is 26.3 Å². The van der Waals surface area contributed by atoms with E-state index in [1.807, 2.05) is 6.07 Å². The molecule has 0 aliphatic carbocycles. The molecule has 0 aromatic heterocycles. The largest absolute Gasteiger partial charge is 0.488 e. The van der Waals surface area contributed by atoms with Crippen molar-refractivity contribution in [2.45, 2.75) is 0 Å². The number of ether oxygens (including phenoxy) is 1. The first-order chi connectivity index (χ1) is 6.69. The molecule has 0 amide bonds. The summed E-state index contributed by atoms with van der Waals surface area (Å²) >= 11 is 6.61. The van der Waals surface area contributed by atoms with E-state index in [0.717, 1.165) is 15.2 Å². The second kappa shape index (κ2) is 5.32. The van der Waals surface area contributed by atoms with E-state index in [0.29, 0.717) is 17.9 Å². The summed E-state index contributed by atoms with van der Waals surface area (Å²) in [7, 11) is 0. The molecule has 0 heterocycles. The van der Waals surface area contributed by atoms with Gasteiger partial charge < -0.3 is 4.74 Å². The van der Waals surface area contributed by atoms with Crippen molar-refractivity contribution in [3.63, 3.8) is 0 Å². The fraction of sp³-hybridized carbons (Fsp3) is 0.100. The van der Waals surface area contributed by atoms with E-state index in [4.69, 9.17) is 4.74 Å². The van der Waals surface area contributed by atoms with Gasteiger partial charge in [0.15, 0.2) is 6.29 Å². The van der Waals surface area contributed by atoms with Crippen molar-refractivity contribution < 1.29 is 9.53 Å². The van der Waals surface area contributed by atoms with Crippen LogP contribution in [0.15, 0.2) is 33.7 Å². The molecule has 0 radical (unpaired) electrons. The average Bonchev–Trinajstić information content (AvgIpc) is 2.15. The molecule has 0 bridgehead atoms. The van der Waals surface area contributed by atoms with Gasteiger partial charge >= 0.3 is 0 Å². The molecule has 0 unspecified atom stereocenters. The van der Waals surface area contributed by atoms with Crippen LogP contribution in [0.5, 0.6) is 5.75 Å². The van der Waals surface area contributed by atoms with Gasteiger partial charge in [-0.25, -0.2) is 0 Å². The van der Waals surface area contributed by atoms with E-state index < -0.39 is 0 Å². The van der Waals surface area contributed by atoms with Gasteiger partial charge in [0.25, 0.3) is 0 Å². The van der Waals surface area contributed by atoms with Crippen LogP contribution < -0.4 is 4.74 Å². The molecule has 1 rings (SSSR count). The number of hydrogen-bond donors (Lipinski definition) is 0. The van der Waals surface area contributed by atoms with Gasteiger partial charge in [0.2, 0.25) is 0 Å². The van der Waals surface area contributed by atoms with Crippen LogP contribution in [0.3, 0.4) is 0 Å². The Bertz CT molecular complexity index is 361. The standard InChI is InChI=1S/C10H8Br2O2/c1-2-3-14-10-7(6-13)4-8(11)5-9(10)12/h2,4-6H,1,3H2. The van der Waals surface area contributed by atoms with Gasteiger partial charge in [-0.3, -0.25) is 4.79 Å². The number of benzene rings is 1. The highest BCUT2D eigenvalue weighted by Crippen LogP contribution is 2.31. The lowest BCUT2D eigenvalue weighted by Gasteiger charge is -2.08. The van der Waals surface area contributed by atoms with Crippen LogP contribution in [0.1, 0.15) is 10.4 Å². The van der Waals surface area contributed by atoms with E-state index in [9.17, 15) is 4.79 Å². The molecular weight excluding hydrogens is 312 g/mol. The van der Waals surface area contributed by atoms with E-state index in [1.54, 1.807) is 12.1 Å². The van der Waals surface area contributed by atoms with Crippen LogP contribution >= 0.6 is 31.9 Å². The normalized spacial score (nSPS) is 9.57. The third-order valence-corrected chi connectivity index (χ3v) is 2.56. The summed E-state index contributed by atoms with van der Waals surface area (Å²) in [5, 5.41) is 0. The molecule has 1 aromatic rings. The molecule has 0 aliphatic heterocycles. The molecule has 0 aliphatic rings. The molecule has 0 spiro atoms. The zero-order valence-corrected chi connectivity index (χ0v) is 10.5. The van der Waals surface area contributed by atoms with Crippen LogP contribution in [0.2, 0.25) is 0 Å². The van der Waals surface area contributed by atoms with Crippen molar-refractivity contribution in [1.29, 1.82) is 0 Å². The molecule has 74 valence electrons. The summed E-state index contributed by atoms with van der Waals surface area (Å²) in [4.78, 5) is 10.7. The number of aldehydes is 1. The van der Waals surface area contributed by atoms with Gasteiger partial charge in [-0.05, 0) is 28.1 Å². The van der Waals surface area contributed by atoms with E-state index in [1.165, 1.54) is 0 Å². The number of carbonyl (C=O) groups is 1. The minimum absolute atomic E-state index is 0.376. The fourth-order valence-corrected chi connectivity index (χ4v) is 2.34. The van der Waals surface area contributed by atoms with E-state index in [2.05, 4.69) is 38.4 Å². The van der Waals surface area contributed by atoms with E-state index >= 15 is 0 Å². The maximum atomic E-state index is 10.7. The summed E-state index contributed by atoms with van der Waals surface area (Å²) in [6.07, 6.45) is 2.39. The number of halogens is 2. The van der Waals surface area contributed by atoms with Gasteiger partial charge in [-0.15, -0.1) is 0 Å². The molecule has 0 atom stereocenters. The minimum atomic E-state index is 0.376. The molecule has 0 saturated carbocycles. The second-order valence-electron chi connectivity index (χ2n) is 2.52. The van der Waals surface area contributed by atoms with Crippen LogP contribution in [0.4, 0.5) is 0 Å². The van der Waals surface area contributed by atoms with Crippen molar-refractivity contribution >= 4 is 38.1 Å². The Labute approximate surface area is 99.2 Å². The van der Waals surface area contributed by atoms with Gasteiger partial charge in [0.05, 0.1) is 10.0 Å². The smallest absolute Gasteiger partial charge is 0.153 e. The first kappa shape index (κ1) is 11.5. The fourth-order valence-electron chi connectivity index (χ4n) is 0.962. The van der Waals surface area contributed by atoms with Gasteiger partial charge in [0.1, 0.15) is 12.4 Å². The zero-order valence-electron chi connectivity index (χ0n) is 7.30. The van der Waals surface area contributed by atoms with Crippen LogP contribution in [0.25, 0.3) is 0 Å². The van der Waals surface area contributed by atoms with Gasteiger partial charge in [-0.1, -0.05) is 28.6 Å². The third kappa shape index (κ3) is 2.69. The Kier molecular flexibility index (Phi) is 4.35. The Morgan fingerprint density at radius 1 is 1.43 bits per heavy atom. The zero-order chi connectivity index (χ0) is 10.6. The maximum Gasteiger partial charge on any atom is 0.153 e. The lowest BCUT2D eigenvalue weighted by Crippen LogP contribution is -1.97. The summed E-state index contributed by atoms with van der Waals surface area (Å²) in [5.41, 5.74) is 0.508. The summed E-state index contributed by atoms with van der Waals surface area (Å²) < 4.78 is 6.92. The van der Waals surface area contributed by atoms with Crippen LogP contribution in [-0.2, 0) is 0 Å². The molecule has 1 aromatic carbocycles. The van der Waals surface area contributed by atoms with Gasteiger partial charge in [-0.2, -0.15) is 0 Å². The van der Waals surface area contributed by atoms with Crippen molar-refractivity contribution in [1.82, 2.24) is 0 Å². The summed E-state index contributed by atoms with van der Waals surface area (Å²) in [5.74, 6) is 0.545. The first-order valence-corrected chi connectivity index (χ1v) is 5.45. The Morgan fingerprint density at radius 2 is 2.14 bits per heavy atom. The molecule has 2 nitrogen and oxygen atoms in total. The van der Waals surface area contributed by atoms with Crippen LogP contribution in [-0.4, -0.2) is 12.9 Å². The summed E-state index contributed by atoms with van der Waals surface area (Å²) in [6, 6.07) is 3.53. The Hall–Kier alpha value is -0.610. The monoisotopic (exact) mass is 318 g/mol. The van der Waals surface area contributed by atoms with Gasteiger partial charge in [0, 0.05) is 4.47 Å². The van der Waals surface area contributed by atoms with Crippen molar-refractivity contribution in [2.75, 3.05) is 6.61 Å². The average molecular weight is 320 g/mol. The van der Waals surface area contributed by atoms with Crippen LogP contribution in [0, 0.1) is 0 Å². The van der Waals surface area contributed by atoms with Crippen molar-refractivity contribution in [3.05, 3.63) is 39.3 Å². The maximum absolute atomic E-state index is 10.7. The SMILES string of the molecule is C=CCOc1c(Br)cc(Br)cc1C=O. The lowest BCUT2D eigenvalue weighted by atomic mass is 10.2. The molecule has 0 saturated heterocycles. The molecule has 14 heavy (non-hydrogen) atoms. The molecule has 0 fully saturated rings. The quantitative estimate of drug-likeness (QED) is 0.626. The Morgan fingerprint density at radius 3 is 2.71 bits per heavy atom. The summed E-state index contributed by atoms with van der Waals surface area (Å²) in [6.45, 7) is 3.92. The number of hydrogen-bond acceptors (Lipinski definition) is 2. The first-order valence-electron chi connectivity index (χ1n) is 3.87. The highest BCUT2D eigenvalue weighted by molar-refractivity contribution is 9.11.